The summed E-state index contributed by atoms with van der Waals surface area (Å²) in [5, 5.41) is 3.62. The van der Waals surface area contributed by atoms with E-state index in [-0.39, 0.29) is 30.5 Å². The summed E-state index contributed by atoms with van der Waals surface area (Å²) in [5.74, 6) is 0.995. The zero-order chi connectivity index (χ0) is 22.0. The maximum atomic E-state index is 13.1. The minimum atomic E-state index is -0.207. The van der Waals surface area contributed by atoms with Crippen LogP contribution in [0.4, 0.5) is 5.69 Å². The van der Waals surface area contributed by atoms with Crippen molar-refractivity contribution in [2.45, 2.75) is 58.6 Å². The highest BCUT2D eigenvalue weighted by molar-refractivity contribution is 7.18. The molecule has 4 rings (SSSR count). The Balaban J connectivity index is 1.50. The second kappa shape index (κ2) is 9.09. The molecule has 164 valence electrons. The zero-order valence-corrected chi connectivity index (χ0v) is 18.9. The second-order valence-electron chi connectivity index (χ2n) is 7.96. The largest absolute Gasteiger partial charge is 0.497 e. The van der Waals surface area contributed by atoms with Crippen LogP contribution in [0.5, 0.6) is 11.5 Å². The number of carbonyl (C=O) groups is 1. The predicted molar refractivity (Wildman–Crippen MR) is 123 cm³/mol. The van der Waals surface area contributed by atoms with E-state index in [2.05, 4.69) is 10.3 Å². The lowest BCUT2D eigenvalue weighted by Crippen LogP contribution is -2.24. The molecule has 3 aromatic rings. The summed E-state index contributed by atoms with van der Waals surface area (Å²) < 4.78 is 12.6. The molecule has 1 aromatic carbocycles. The Morgan fingerprint density at radius 1 is 1.29 bits per heavy atom. The van der Waals surface area contributed by atoms with Gasteiger partial charge >= 0.3 is 0 Å². The fourth-order valence-corrected chi connectivity index (χ4v) is 5.09. The van der Waals surface area contributed by atoms with Crippen molar-refractivity contribution in [3.05, 3.63) is 45.3 Å². The lowest BCUT2D eigenvalue weighted by Gasteiger charge is -2.16. The van der Waals surface area contributed by atoms with Crippen molar-refractivity contribution in [3.8, 4) is 11.5 Å². The first-order chi connectivity index (χ1) is 15.0. The Morgan fingerprint density at radius 3 is 2.87 bits per heavy atom. The molecule has 0 radical (unpaired) electrons. The van der Waals surface area contributed by atoms with Crippen molar-refractivity contribution in [1.29, 1.82) is 0 Å². The molecule has 0 unspecified atom stereocenters. The monoisotopic (exact) mass is 441 g/mol. The highest BCUT2D eigenvalue weighted by Crippen LogP contribution is 2.33. The second-order valence-corrected chi connectivity index (χ2v) is 9.04. The molecule has 1 aliphatic rings. The third-order valence-electron chi connectivity index (χ3n) is 5.35. The van der Waals surface area contributed by atoms with E-state index in [4.69, 9.17) is 9.47 Å². The van der Waals surface area contributed by atoms with Crippen LogP contribution >= 0.6 is 11.3 Å². The van der Waals surface area contributed by atoms with Crippen LogP contribution in [0.2, 0.25) is 0 Å². The Bertz CT molecular complexity index is 1170. The number of anilines is 1. The SMILES string of the molecule is COc1ccc(OC(C)C)c(NC(=O)CCn2cnc3sc4c(c3c2=O)CCCC4)c1. The Labute approximate surface area is 185 Å². The minimum Gasteiger partial charge on any atom is -0.497 e. The Hall–Kier alpha value is -2.87. The Kier molecular flexibility index (Phi) is 6.27. The van der Waals surface area contributed by atoms with Gasteiger partial charge in [0.15, 0.2) is 0 Å². The number of benzene rings is 1. The first-order valence-electron chi connectivity index (χ1n) is 10.6. The van der Waals surface area contributed by atoms with Gasteiger partial charge in [0.05, 0.1) is 30.6 Å². The number of ether oxygens (including phenoxy) is 2. The average Bonchev–Trinajstić information content (AvgIpc) is 3.13. The number of methoxy groups -OCH3 is 1. The number of nitrogens with one attached hydrogen (secondary N) is 1. The fraction of sp³-hybridized carbons (Fsp3) is 0.435. The van der Waals surface area contributed by atoms with Gasteiger partial charge in [-0.3, -0.25) is 14.2 Å². The molecular formula is C23H27N3O4S. The molecule has 7 nitrogen and oxygen atoms in total. The lowest BCUT2D eigenvalue weighted by molar-refractivity contribution is -0.116. The first kappa shape index (κ1) is 21.4. The van der Waals surface area contributed by atoms with E-state index < -0.39 is 0 Å². The molecule has 0 aliphatic heterocycles. The van der Waals surface area contributed by atoms with Crippen LogP contribution < -0.4 is 20.3 Å². The number of hydrogen-bond acceptors (Lipinski definition) is 6. The normalized spacial score (nSPS) is 13.3. The van der Waals surface area contributed by atoms with Gasteiger partial charge in [-0.1, -0.05) is 0 Å². The summed E-state index contributed by atoms with van der Waals surface area (Å²) in [6.07, 6.45) is 5.91. The number of thiophene rings is 1. The minimum absolute atomic E-state index is 0.0306. The van der Waals surface area contributed by atoms with E-state index in [0.717, 1.165) is 35.0 Å². The van der Waals surface area contributed by atoms with Gasteiger partial charge in [0.2, 0.25) is 5.91 Å². The van der Waals surface area contributed by atoms with Crippen LogP contribution in [-0.4, -0.2) is 28.7 Å². The standard InChI is InChI=1S/C23H27N3O4S/c1-14(2)30-18-9-8-15(29-3)12-17(18)25-20(27)10-11-26-13-24-22-21(23(26)28)16-6-4-5-7-19(16)31-22/h8-9,12-14H,4-7,10-11H2,1-3H3,(H,25,27). The van der Waals surface area contributed by atoms with Crippen molar-refractivity contribution < 1.29 is 14.3 Å². The zero-order valence-electron chi connectivity index (χ0n) is 18.1. The molecule has 0 bridgehead atoms. The molecule has 0 saturated heterocycles. The van der Waals surface area contributed by atoms with Crippen LogP contribution in [0.1, 0.15) is 43.6 Å². The van der Waals surface area contributed by atoms with E-state index in [0.29, 0.717) is 17.2 Å². The summed E-state index contributed by atoms with van der Waals surface area (Å²) in [5.41, 5.74) is 1.66. The fourth-order valence-electron chi connectivity index (χ4n) is 3.87. The molecule has 1 aliphatic carbocycles. The van der Waals surface area contributed by atoms with Gasteiger partial charge in [-0.2, -0.15) is 0 Å². The van der Waals surface area contributed by atoms with Crippen molar-refractivity contribution in [1.82, 2.24) is 9.55 Å². The molecule has 1 N–H and O–H groups in total. The van der Waals surface area contributed by atoms with Gasteiger partial charge in [-0.15, -0.1) is 11.3 Å². The summed E-state index contributed by atoms with van der Waals surface area (Å²) in [6, 6.07) is 5.29. The number of carbonyl (C=O) groups excluding carboxylic acids is 1. The molecule has 2 aromatic heterocycles. The van der Waals surface area contributed by atoms with Crippen molar-refractivity contribution in [2.24, 2.45) is 0 Å². The predicted octanol–water partition coefficient (Wildman–Crippen LogP) is 4.16. The van der Waals surface area contributed by atoms with Gasteiger partial charge < -0.3 is 14.8 Å². The van der Waals surface area contributed by atoms with Gasteiger partial charge in [0.25, 0.3) is 5.56 Å². The topological polar surface area (TPSA) is 82.4 Å². The number of nitrogens with zero attached hydrogens (tertiary/aromatic N) is 2. The van der Waals surface area contributed by atoms with Crippen LogP contribution in [0, 0.1) is 0 Å². The average molecular weight is 442 g/mol. The van der Waals surface area contributed by atoms with Crippen molar-refractivity contribution in [3.63, 3.8) is 0 Å². The van der Waals surface area contributed by atoms with E-state index >= 15 is 0 Å². The molecule has 0 spiro atoms. The lowest BCUT2D eigenvalue weighted by atomic mass is 9.97. The smallest absolute Gasteiger partial charge is 0.262 e. The number of rotatable bonds is 7. The molecule has 8 heteroatoms. The first-order valence-corrected chi connectivity index (χ1v) is 11.4. The van der Waals surface area contributed by atoms with E-state index in [1.807, 2.05) is 13.8 Å². The van der Waals surface area contributed by atoms with Crippen LogP contribution in [0.3, 0.4) is 0 Å². The summed E-state index contributed by atoms with van der Waals surface area (Å²) >= 11 is 1.63. The van der Waals surface area contributed by atoms with E-state index in [1.165, 1.54) is 11.3 Å². The number of aryl methyl sites for hydroxylation is 3. The van der Waals surface area contributed by atoms with Crippen LogP contribution in [0.25, 0.3) is 10.2 Å². The highest BCUT2D eigenvalue weighted by Gasteiger charge is 2.20. The van der Waals surface area contributed by atoms with Crippen molar-refractivity contribution in [2.75, 3.05) is 12.4 Å². The Morgan fingerprint density at radius 2 is 2.10 bits per heavy atom. The molecule has 0 saturated carbocycles. The number of amides is 1. The van der Waals surface area contributed by atoms with Gasteiger partial charge in [-0.25, -0.2) is 4.98 Å². The highest BCUT2D eigenvalue weighted by atomic mass is 32.1. The molecule has 2 heterocycles. The third-order valence-corrected chi connectivity index (χ3v) is 6.54. The van der Waals surface area contributed by atoms with Gasteiger partial charge in [-0.05, 0) is 57.2 Å². The summed E-state index contributed by atoms with van der Waals surface area (Å²) in [7, 11) is 1.57. The molecule has 1 amide bonds. The number of fused-ring (bicyclic) bond motifs is 3. The van der Waals surface area contributed by atoms with Gasteiger partial charge in [0.1, 0.15) is 16.3 Å². The molecule has 0 atom stereocenters. The van der Waals surface area contributed by atoms with Crippen LogP contribution in [-0.2, 0) is 24.2 Å². The summed E-state index contributed by atoms with van der Waals surface area (Å²) in [6.45, 7) is 4.12. The number of aromatic nitrogens is 2. The maximum absolute atomic E-state index is 13.1. The van der Waals surface area contributed by atoms with E-state index in [1.54, 1.807) is 47.5 Å². The van der Waals surface area contributed by atoms with Gasteiger partial charge in [0, 0.05) is 23.9 Å². The molecular weight excluding hydrogens is 414 g/mol. The molecule has 0 fully saturated rings. The number of hydrogen-bond donors (Lipinski definition) is 1. The quantitative estimate of drug-likeness (QED) is 0.595. The molecule has 31 heavy (non-hydrogen) atoms. The maximum Gasteiger partial charge on any atom is 0.262 e. The van der Waals surface area contributed by atoms with E-state index in [9.17, 15) is 9.59 Å². The van der Waals surface area contributed by atoms with Crippen molar-refractivity contribution >= 4 is 33.1 Å². The van der Waals surface area contributed by atoms with Crippen LogP contribution in [0.15, 0.2) is 29.3 Å². The third kappa shape index (κ3) is 4.58. The summed E-state index contributed by atoms with van der Waals surface area (Å²) in [4.78, 5) is 32.3.